The normalized spacial score (nSPS) is 10.0. The molecule has 1 heterocycles. The number of nitrogens with two attached hydrogens (primary N) is 1. The van der Waals surface area contributed by atoms with Gasteiger partial charge in [0.2, 0.25) is 0 Å². The van der Waals surface area contributed by atoms with Gasteiger partial charge in [-0.15, -0.1) is 12.4 Å². The Morgan fingerprint density at radius 1 is 1.33 bits per heavy atom. The minimum Gasteiger partial charge on any atom is -0.459 e. The van der Waals surface area contributed by atoms with Gasteiger partial charge in [0, 0.05) is 6.07 Å². The minimum atomic E-state index is -0.0320. The van der Waals surface area contributed by atoms with Gasteiger partial charge in [-0.05, 0) is 19.1 Å². The Bertz CT molecular complexity index is 534. The van der Waals surface area contributed by atoms with Crippen molar-refractivity contribution in [2.75, 3.05) is 0 Å². The summed E-state index contributed by atoms with van der Waals surface area (Å²) in [6, 6.07) is 6.97. The lowest BCUT2D eigenvalue weighted by molar-refractivity contribution is 0.539. The fraction of sp³-hybridized carbons (Fsp3) is 0.182. The molecule has 4 heteroatoms. The number of benzene rings is 1. The van der Waals surface area contributed by atoms with Crippen LogP contribution in [0.2, 0.25) is 0 Å². The van der Waals surface area contributed by atoms with E-state index >= 15 is 0 Å². The topological polar surface area (TPSA) is 56.2 Å². The van der Waals surface area contributed by atoms with Gasteiger partial charge in [0.1, 0.15) is 11.3 Å². The lowest BCUT2D eigenvalue weighted by Gasteiger charge is -2.00. The van der Waals surface area contributed by atoms with Crippen molar-refractivity contribution in [2.45, 2.75) is 13.5 Å². The average molecular weight is 226 g/mol. The molecule has 0 aliphatic heterocycles. The average Bonchev–Trinajstić information content (AvgIpc) is 2.19. The molecule has 0 unspecified atom stereocenters. The molecule has 3 nitrogen and oxygen atoms in total. The zero-order valence-electron chi connectivity index (χ0n) is 8.32. The Morgan fingerprint density at radius 3 is 2.73 bits per heavy atom. The van der Waals surface area contributed by atoms with Crippen LogP contribution in [0.25, 0.3) is 11.0 Å². The van der Waals surface area contributed by atoms with E-state index in [0.29, 0.717) is 16.7 Å². The molecule has 0 aliphatic rings. The molecule has 0 saturated carbocycles. The monoisotopic (exact) mass is 225 g/mol. The van der Waals surface area contributed by atoms with Crippen LogP contribution in [-0.4, -0.2) is 0 Å². The maximum Gasteiger partial charge on any atom is 0.193 e. The number of rotatable bonds is 1. The Balaban J connectivity index is 0.00000112. The molecule has 1 aromatic heterocycles. The van der Waals surface area contributed by atoms with Crippen LogP contribution in [0.15, 0.2) is 33.5 Å². The third kappa shape index (κ3) is 2.19. The number of fused-ring (bicyclic) bond motifs is 1. The maximum atomic E-state index is 11.6. The molecule has 0 saturated heterocycles. The molecule has 2 N–H and O–H groups in total. The summed E-state index contributed by atoms with van der Waals surface area (Å²) < 4.78 is 5.42. The van der Waals surface area contributed by atoms with Crippen molar-refractivity contribution in [3.8, 4) is 0 Å². The number of halogens is 1. The Hall–Kier alpha value is -1.32. The molecular formula is C11H12ClNO2. The first-order chi connectivity index (χ1) is 6.70. The van der Waals surface area contributed by atoms with Gasteiger partial charge in [-0.3, -0.25) is 4.79 Å². The van der Waals surface area contributed by atoms with Crippen molar-refractivity contribution < 1.29 is 4.42 Å². The van der Waals surface area contributed by atoms with E-state index in [9.17, 15) is 4.79 Å². The molecule has 80 valence electrons. The van der Waals surface area contributed by atoms with Gasteiger partial charge < -0.3 is 10.2 Å². The SMILES string of the molecule is Cc1ccc2oc(CN)cc(=O)c2c1.Cl. The van der Waals surface area contributed by atoms with E-state index in [0.717, 1.165) is 5.56 Å². The predicted octanol–water partition coefficient (Wildman–Crippen LogP) is 1.98. The first-order valence-corrected chi connectivity index (χ1v) is 4.44. The largest absolute Gasteiger partial charge is 0.459 e. The van der Waals surface area contributed by atoms with Crippen LogP contribution in [-0.2, 0) is 6.54 Å². The molecule has 0 radical (unpaired) electrons. The lowest BCUT2D eigenvalue weighted by Crippen LogP contribution is -2.05. The molecule has 0 aliphatic carbocycles. The summed E-state index contributed by atoms with van der Waals surface area (Å²) in [6.45, 7) is 2.19. The third-order valence-electron chi connectivity index (χ3n) is 2.13. The third-order valence-corrected chi connectivity index (χ3v) is 2.13. The summed E-state index contributed by atoms with van der Waals surface area (Å²) in [5.74, 6) is 0.520. The van der Waals surface area contributed by atoms with Crippen LogP contribution in [0.1, 0.15) is 11.3 Å². The second-order valence-corrected chi connectivity index (χ2v) is 3.28. The molecular weight excluding hydrogens is 214 g/mol. The van der Waals surface area contributed by atoms with E-state index in [4.69, 9.17) is 10.2 Å². The summed E-state index contributed by atoms with van der Waals surface area (Å²) >= 11 is 0. The highest BCUT2D eigenvalue weighted by molar-refractivity contribution is 5.85. The van der Waals surface area contributed by atoms with Crippen LogP contribution in [0.5, 0.6) is 0 Å². The summed E-state index contributed by atoms with van der Waals surface area (Å²) in [5, 5.41) is 0.613. The van der Waals surface area contributed by atoms with Crippen LogP contribution in [0, 0.1) is 6.92 Å². The van der Waals surface area contributed by atoms with Gasteiger partial charge in [-0.25, -0.2) is 0 Å². The molecule has 0 fully saturated rings. The van der Waals surface area contributed by atoms with Crippen molar-refractivity contribution in [1.29, 1.82) is 0 Å². The van der Waals surface area contributed by atoms with E-state index in [1.165, 1.54) is 6.07 Å². The summed E-state index contributed by atoms with van der Waals surface area (Å²) in [7, 11) is 0. The summed E-state index contributed by atoms with van der Waals surface area (Å²) in [5.41, 5.74) is 7.02. The van der Waals surface area contributed by atoms with Crippen molar-refractivity contribution >= 4 is 23.4 Å². The van der Waals surface area contributed by atoms with E-state index < -0.39 is 0 Å². The number of aryl methyl sites for hydroxylation is 1. The molecule has 0 spiro atoms. The molecule has 0 bridgehead atoms. The van der Waals surface area contributed by atoms with Crippen LogP contribution >= 0.6 is 12.4 Å². The minimum absolute atomic E-state index is 0. The maximum absolute atomic E-state index is 11.6. The molecule has 2 aromatic rings. The Morgan fingerprint density at radius 2 is 2.07 bits per heavy atom. The smallest absolute Gasteiger partial charge is 0.193 e. The van der Waals surface area contributed by atoms with Gasteiger partial charge in [0.15, 0.2) is 5.43 Å². The van der Waals surface area contributed by atoms with Gasteiger partial charge in [0.05, 0.1) is 11.9 Å². The predicted molar refractivity (Wildman–Crippen MR) is 62.4 cm³/mol. The van der Waals surface area contributed by atoms with E-state index in [-0.39, 0.29) is 24.4 Å². The summed E-state index contributed by atoms with van der Waals surface area (Å²) in [4.78, 5) is 11.6. The Labute approximate surface area is 93.3 Å². The van der Waals surface area contributed by atoms with Gasteiger partial charge in [-0.1, -0.05) is 11.6 Å². The standard InChI is InChI=1S/C11H11NO2.ClH/c1-7-2-3-11-9(4-7)10(13)5-8(6-12)14-11;/h2-5H,6,12H2,1H3;1H. The van der Waals surface area contributed by atoms with Crippen molar-refractivity contribution in [1.82, 2.24) is 0 Å². The first-order valence-electron chi connectivity index (χ1n) is 4.44. The highest BCUT2D eigenvalue weighted by atomic mass is 35.5. The van der Waals surface area contributed by atoms with Crippen LogP contribution < -0.4 is 11.2 Å². The second kappa shape index (κ2) is 4.47. The zero-order chi connectivity index (χ0) is 10.1. The van der Waals surface area contributed by atoms with E-state index in [1.54, 1.807) is 6.07 Å². The molecule has 0 amide bonds. The van der Waals surface area contributed by atoms with E-state index in [1.807, 2.05) is 19.1 Å². The molecule has 2 rings (SSSR count). The highest BCUT2D eigenvalue weighted by Crippen LogP contribution is 2.13. The second-order valence-electron chi connectivity index (χ2n) is 3.28. The van der Waals surface area contributed by atoms with Crippen molar-refractivity contribution in [2.24, 2.45) is 5.73 Å². The van der Waals surface area contributed by atoms with Crippen LogP contribution in [0.4, 0.5) is 0 Å². The highest BCUT2D eigenvalue weighted by Gasteiger charge is 2.03. The molecule has 15 heavy (non-hydrogen) atoms. The fourth-order valence-corrected chi connectivity index (χ4v) is 1.42. The quantitative estimate of drug-likeness (QED) is 0.808. The molecule has 1 aromatic carbocycles. The van der Waals surface area contributed by atoms with Crippen LogP contribution in [0.3, 0.4) is 0 Å². The fourth-order valence-electron chi connectivity index (χ4n) is 1.42. The first kappa shape index (κ1) is 11.8. The van der Waals surface area contributed by atoms with Crippen molar-refractivity contribution in [3.63, 3.8) is 0 Å². The number of hydrogen-bond donors (Lipinski definition) is 1. The van der Waals surface area contributed by atoms with E-state index in [2.05, 4.69) is 0 Å². The van der Waals surface area contributed by atoms with Crippen molar-refractivity contribution in [3.05, 3.63) is 45.8 Å². The Kier molecular flexibility index (Phi) is 3.50. The van der Waals surface area contributed by atoms with Gasteiger partial charge >= 0.3 is 0 Å². The summed E-state index contributed by atoms with van der Waals surface area (Å²) in [6.07, 6.45) is 0. The lowest BCUT2D eigenvalue weighted by atomic mass is 10.1. The zero-order valence-corrected chi connectivity index (χ0v) is 9.14. The van der Waals surface area contributed by atoms with Gasteiger partial charge in [-0.2, -0.15) is 0 Å². The van der Waals surface area contributed by atoms with Gasteiger partial charge in [0.25, 0.3) is 0 Å². The molecule has 0 atom stereocenters. The number of hydrogen-bond acceptors (Lipinski definition) is 3.